The van der Waals surface area contributed by atoms with Crippen molar-refractivity contribution in [3.05, 3.63) is 46.7 Å². The minimum absolute atomic E-state index is 0.193. The van der Waals surface area contributed by atoms with Gasteiger partial charge < -0.3 is 10.6 Å². The maximum Gasteiger partial charge on any atom is 0.270 e. The largest absolute Gasteiger partial charge is 0.351 e. The molecule has 2 aromatic rings. The van der Waals surface area contributed by atoms with Crippen LogP contribution in [0.3, 0.4) is 0 Å². The van der Waals surface area contributed by atoms with Crippen molar-refractivity contribution in [1.82, 2.24) is 15.3 Å². The number of halogens is 1. The van der Waals surface area contributed by atoms with Gasteiger partial charge in [0.2, 0.25) is 5.95 Å². The number of carbonyl (C=O) groups is 1. The fourth-order valence-corrected chi connectivity index (χ4v) is 2.08. The molecule has 2 rings (SSSR count). The first-order chi connectivity index (χ1) is 10.6. The first-order valence-corrected chi connectivity index (χ1v) is 7.63. The van der Waals surface area contributed by atoms with E-state index >= 15 is 0 Å². The molecule has 1 aromatic carbocycles. The number of carbonyl (C=O) groups excluding carboxylic acids is 1. The summed E-state index contributed by atoms with van der Waals surface area (Å²) in [7, 11) is 0. The maximum atomic E-state index is 12.1. The van der Waals surface area contributed by atoms with Crippen molar-refractivity contribution in [1.29, 1.82) is 0 Å². The van der Waals surface area contributed by atoms with Crippen molar-refractivity contribution in [3.8, 4) is 0 Å². The molecule has 0 radical (unpaired) electrons. The Morgan fingerprint density at radius 3 is 2.77 bits per heavy atom. The molecule has 0 spiro atoms. The Bertz CT molecular complexity index is 660. The van der Waals surface area contributed by atoms with Crippen LogP contribution in [0.2, 0.25) is 5.02 Å². The number of benzene rings is 1. The highest BCUT2D eigenvalue weighted by molar-refractivity contribution is 6.33. The first kappa shape index (κ1) is 16.2. The number of amides is 1. The van der Waals surface area contributed by atoms with Gasteiger partial charge in [-0.05, 0) is 31.5 Å². The molecule has 0 aliphatic rings. The molecule has 0 atom stereocenters. The van der Waals surface area contributed by atoms with E-state index in [0.717, 1.165) is 12.8 Å². The molecule has 6 heteroatoms. The minimum atomic E-state index is -0.193. The van der Waals surface area contributed by atoms with E-state index in [1.807, 2.05) is 25.1 Å². The van der Waals surface area contributed by atoms with Gasteiger partial charge in [-0.3, -0.25) is 4.79 Å². The summed E-state index contributed by atoms with van der Waals surface area (Å²) in [6, 6.07) is 8.98. The van der Waals surface area contributed by atoms with Crippen LogP contribution in [0.25, 0.3) is 0 Å². The predicted molar refractivity (Wildman–Crippen MR) is 88.7 cm³/mol. The Kier molecular flexibility index (Phi) is 5.72. The number of nitrogens with zero attached hydrogens (tertiary/aromatic N) is 2. The third-order valence-electron chi connectivity index (χ3n) is 3.02. The molecule has 0 unspecified atom stereocenters. The van der Waals surface area contributed by atoms with Crippen molar-refractivity contribution < 1.29 is 4.79 Å². The minimum Gasteiger partial charge on any atom is -0.351 e. The van der Waals surface area contributed by atoms with Gasteiger partial charge in [0.05, 0.1) is 10.7 Å². The number of nitrogens with one attached hydrogen (secondary N) is 2. The van der Waals surface area contributed by atoms with Crippen molar-refractivity contribution >= 4 is 29.1 Å². The van der Waals surface area contributed by atoms with E-state index < -0.39 is 0 Å². The van der Waals surface area contributed by atoms with Crippen LogP contribution >= 0.6 is 11.6 Å². The average molecular weight is 319 g/mol. The van der Waals surface area contributed by atoms with Crippen LogP contribution in [-0.4, -0.2) is 22.4 Å². The number of rotatable bonds is 6. The lowest BCUT2D eigenvalue weighted by Gasteiger charge is -2.09. The number of unbranched alkanes of at least 4 members (excludes halogenated alkanes) is 1. The molecule has 22 heavy (non-hydrogen) atoms. The highest BCUT2D eigenvalue weighted by Crippen LogP contribution is 2.23. The van der Waals surface area contributed by atoms with Crippen LogP contribution in [0.15, 0.2) is 30.3 Å². The lowest BCUT2D eigenvalue weighted by atomic mass is 10.3. The molecular weight excluding hydrogens is 300 g/mol. The Balaban J connectivity index is 2.16. The van der Waals surface area contributed by atoms with Crippen molar-refractivity contribution in [3.63, 3.8) is 0 Å². The number of hydrogen-bond donors (Lipinski definition) is 2. The second kappa shape index (κ2) is 7.75. The maximum absolute atomic E-state index is 12.1. The van der Waals surface area contributed by atoms with E-state index in [1.54, 1.807) is 12.1 Å². The van der Waals surface area contributed by atoms with Gasteiger partial charge in [0.1, 0.15) is 5.69 Å². The van der Waals surface area contributed by atoms with Crippen molar-refractivity contribution in [2.75, 3.05) is 11.9 Å². The Morgan fingerprint density at radius 1 is 1.27 bits per heavy atom. The van der Waals surface area contributed by atoms with Crippen LogP contribution < -0.4 is 10.6 Å². The van der Waals surface area contributed by atoms with Crippen LogP contribution in [0.5, 0.6) is 0 Å². The molecule has 5 nitrogen and oxygen atoms in total. The topological polar surface area (TPSA) is 66.9 Å². The van der Waals surface area contributed by atoms with Crippen LogP contribution in [0, 0.1) is 6.92 Å². The second-order valence-corrected chi connectivity index (χ2v) is 5.34. The molecular formula is C16H19ClN4O. The number of hydrogen-bond acceptors (Lipinski definition) is 4. The summed E-state index contributed by atoms with van der Waals surface area (Å²) < 4.78 is 0. The molecule has 0 bridgehead atoms. The molecule has 116 valence electrons. The number of anilines is 2. The molecule has 0 aliphatic carbocycles. The highest BCUT2D eigenvalue weighted by atomic mass is 35.5. The SMILES string of the molecule is CCCCNC(=O)c1cc(C)nc(Nc2ccccc2Cl)n1. The molecule has 1 aromatic heterocycles. The van der Waals surface area contributed by atoms with E-state index in [9.17, 15) is 4.79 Å². The molecule has 2 N–H and O–H groups in total. The lowest BCUT2D eigenvalue weighted by Crippen LogP contribution is -2.25. The zero-order valence-electron chi connectivity index (χ0n) is 12.7. The molecule has 0 aliphatic heterocycles. The van der Waals surface area contributed by atoms with Gasteiger partial charge in [0, 0.05) is 12.2 Å². The first-order valence-electron chi connectivity index (χ1n) is 7.25. The highest BCUT2D eigenvalue weighted by Gasteiger charge is 2.11. The van der Waals surface area contributed by atoms with Gasteiger partial charge in [-0.2, -0.15) is 0 Å². The van der Waals surface area contributed by atoms with Crippen LogP contribution in [0.4, 0.5) is 11.6 Å². The van der Waals surface area contributed by atoms with Crippen molar-refractivity contribution in [2.24, 2.45) is 0 Å². The summed E-state index contributed by atoms with van der Waals surface area (Å²) in [6.07, 6.45) is 1.98. The molecule has 1 heterocycles. The molecule has 1 amide bonds. The summed E-state index contributed by atoms with van der Waals surface area (Å²) in [5.74, 6) is 0.162. The second-order valence-electron chi connectivity index (χ2n) is 4.93. The summed E-state index contributed by atoms with van der Waals surface area (Å²) in [4.78, 5) is 20.6. The van der Waals surface area contributed by atoms with Crippen molar-refractivity contribution in [2.45, 2.75) is 26.7 Å². The quantitative estimate of drug-likeness (QED) is 0.797. The van der Waals surface area contributed by atoms with E-state index in [1.165, 1.54) is 0 Å². The Hall–Kier alpha value is -2.14. The monoisotopic (exact) mass is 318 g/mol. The van der Waals surface area contributed by atoms with Gasteiger partial charge >= 0.3 is 0 Å². The molecule has 0 fully saturated rings. The van der Waals surface area contributed by atoms with Crippen LogP contribution in [-0.2, 0) is 0 Å². The zero-order valence-corrected chi connectivity index (χ0v) is 13.4. The molecule has 0 saturated heterocycles. The Morgan fingerprint density at radius 2 is 2.05 bits per heavy atom. The number of aromatic nitrogens is 2. The lowest BCUT2D eigenvalue weighted by molar-refractivity contribution is 0.0948. The summed E-state index contributed by atoms with van der Waals surface area (Å²) >= 11 is 6.10. The number of aryl methyl sites for hydroxylation is 1. The fraction of sp³-hybridized carbons (Fsp3) is 0.312. The average Bonchev–Trinajstić information content (AvgIpc) is 2.49. The van der Waals surface area contributed by atoms with Gasteiger partial charge in [0.15, 0.2) is 0 Å². The predicted octanol–water partition coefficient (Wildman–Crippen LogP) is 3.71. The van der Waals surface area contributed by atoms with Crippen LogP contribution in [0.1, 0.15) is 35.9 Å². The molecule has 0 saturated carbocycles. The normalized spacial score (nSPS) is 10.3. The van der Waals surface area contributed by atoms with Gasteiger partial charge in [-0.25, -0.2) is 9.97 Å². The fourth-order valence-electron chi connectivity index (χ4n) is 1.89. The number of para-hydroxylation sites is 1. The standard InChI is InChI=1S/C16H19ClN4O/c1-3-4-9-18-15(22)14-10-11(2)19-16(21-14)20-13-8-6-5-7-12(13)17/h5-8,10H,3-4,9H2,1-2H3,(H,18,22)(H,19,20,21). The zero-order chi connectivity index (χ0) is 15.9. The van der Waals surface area contributed by atoms with Gasteiger partial charge in [-0.1, -0.05) is 37.1 Å². The van der Waals surface area contributed by atoms with E-state index in [-0.39, 0.29) is 5.91 Å². The third-order valence-corrected chi connectivity index (χ3v) is 3.35. The van der Waals surface area contributed by atoms with Gasteiger partial charge in [0.25, 0.3) is 5.91 Å². The third kappa shape index (κ3) is 4.43. The van der Waals surface area contributed by atoms with E-state index in [4.69, 9.17) is 11.6 Å². The van der Waals surface area contributed by atoms with E-state index in [2.05, 4.69) is 27.5 Å². The summed E-state index contributed by atoms with van der Waals surface area (Å²) in [5, 5.41) is 6.46. The van der Waals surface area contributed by atoms with E-state index in [0.29, 0.717) is 34.6 Å². The summed E-state index contributed by atoms with van der Waals surface area (Å²) in [5.41, 5.74) is 1.76. The summed E-state index contributed by atoms with van der Waals surface area (Å²) in [6.45, 7) is 4.54. The Labute approximate surface area is 135 Å². The smallest absolute Gasteiger partial charge is 0.270 e. The van der Waals surface area contributed by atoms with Gasteiger partial charge in [-0.15, -0.1) is 0 Å².